The number of nitrogens with one attached hydrogen (secondary N) is 3. The SMILES string of the molecule is CCC(=O)Nc1cncc(-c2ccc3[nH]nc(-c4cc5c(N6CCN(C)CC6)cncc5[nH]4)c3n2)c1. The van der Waals surface area contributed by atoms with Gasteiger partial charge in [-0.15, -0.1) is 0 Å². The van der Waals surface area contributed by atoms with Crippen molar-refractivity contribution in [3.8, 4) is 22.6 Å². The molecule has 1 aliphatic heterocycles. The Bertz CT molecular complexity index is 1560. The van der Waals surface area contributed by atoms with Crippen molar-refractivity contribution in [2.45, 2.75) is 13.3 Å². The number of fused-ring (bicyclic) bond motifs is 2. The Hall–Kier alpha value is -4.31. The molecule has 1 aliphatic rings. The van der Waals surface area contributed by atoms with E-state index < -0.39 is 0 Å². The highest BCUT2D eigenvalue weighted by Gasteiger charge is 2.20. The molecule has 36 heavy (non-hydrogen) atoms. The summed E-state index contributed by atoms with van der Waals surface area (Å²) in [5.74, 6) is -0.0567. The monoisotopic (exact) mass is 481 g/mol. The number of rotatable bonds is 5. The van der Waals surface area contributed by atoms with Crippen LogP contribution >= 0.6 is 0 Å². The van der Waals surface area contributed by atoms with Gasteiger partial charge in [-0.2, -0.15) is 5.10 Å². The Morgan fingerprint density at radius 3 is 2.69 bits per heavy atom. The second kappa shape index (κ2) is 9.04. The molecule has 0 aromatic carbocycles. The minimum Gasteiger partial charge on any atom is -0.367 e. The van der Waals surface area contributed by atoms with Crippen molar-refractivity contribution in [1.82, 2.24) is 35.0 Å². The molecule has 1 saturated heterocycles. The van der Waals surface area contributed by atoms with Gasteiger partial charge in [-0.3, -0.25) is 19.9 Å². The standard InChI is InChI=1S/C26H27N9O/c1-3-24(36)29-17-10-16(12-27-13-17)19-4-5-20-25(31-19)26(33-32-20)21-11-18-22(30-21)14-28-15-23(18)35-8-6-34(2)7-9-35/h4-5,10-15,30H,3,6-9H2,1-2H3,(H,29,36)(H,32,33). The number of carbonyl (C=O) groups excluding carboxylic acids is 1. The van der Waals surface area contributed by atoms with Crippen LogP contribution in [0, 0.1) is 0 Å². The summed E-state index contributed by atoms with van der Waals surface area (Å²) in [6, 6.07) is 7.90. The second-order valence-corrected chi connectivity index (χ2v) is 9.12. The predicted octanol–water partition coefficient (Wildman–Crippen LogP) is 3.66. The first kappa shape index (κ1) is 22.2. The van der Waals surface area contributed by atoms with Gasteiger partial charge in [-0.05, 0) is 31.3 Å². The highest BCUT2D eigenvalue weighted by Crippen LogP contribution is 2.33. The van der Waals surface area contributed by atoms with Crippen LogP contribution in [-0.4, -0.2) is 74.2 Å². The average Bonchev–Trinajstić information content (AvgIpc) is 3.53. The van der Waals surface area contributed by atoms with E-state index >= 15 is 0 Å². The van der Waals surface area contributed by atoms with Crippen LogP contribution in [0.5, 0.6) is 0 Å². The molecule has 5 aromatic rings. The van der Waals surface area contributed by atoms with Crippen molar-refractivity contribution in [3.63, 3.8) is 0 Å². The molecular formula is C26H27N9O. The first-order chi connectivity index (χ1) is 17.6. The van der Waals surface area contributed by atoms with E-state index in [1.165, 1.54) is 0 Å². The average molecular weight is 482 g/mol. The van der Waals surface area contributed by atoms with Gasteiger partial charge in [0.15, 0.2) is 0 Å². The number of H-pyrrole nitrogens is 2. The van der Waals surface area contributed by atoms with E-state index in [2.05, 4.69) is 53.4 Å². The maximum absolute atomic E-state index is 11.8. The number of anilines is 2. The smallest absolute Gasteiger partial charge is 0.224 e. The number of nitrogens with zero attached hydrogens (tertiary/aromatic N) is 6. The normalized spacial score (nSPS) is 14.6. The number of pyridine rings is 3. The molecule has 1 amide bonds. The molecular weight excluding hydrogens is 454 g/mol. The molecule has 0 radical (unpaired) electrons. The largest absolute Gasteiger partial charge is 0.367 e. The van der Waals surface area contributed by atoms with Gasteiger partial charge in [0.1, 0.15) is 11.2 Å². The van der Waals surface area contributed by atoms with Gasteiger partial charge >= 0.3 is 0 Å². The van der Waals surface area contributed by atoms with Gasteiger partial charge < -0.3 is 20.1 Å². The van der Waals surface area contributed by atoms with Crippen LogP contribution < -0.4 is 10.2 Å². The first-order valence-corrected chi connectivity index (χ1v) is 12.1. The van der Waals surface area contributed by atoms with Crippen molar-refractivity contribution in [2.24, 2.45) is 0 Å². The lowest BCUT2D eigenvalue weighted by atomic mass is 10.1. The number of amides is 1. The number of likely N-dealkylation sites (N-methyl/N-ethyl adjacent to an activating group) is 1. The molecule has 6 heterocycles. The lowest BCUT2D eigenvalue weighted by molar-refractivity contribution is -0.115. The first-order valence-electron chi connectivity index (χ1n) is 12.1. The number of piperazine rings is 1. The summed E-state index contributed by atoms with van der Waals surface area (Å²) in [5.41, 5.74) is 7.54. The highest BCUT2D eigenvalue weighted by atomic mass is 16.1. The van der Waals surface area contributed by atoms with Gasteiger partial charge in [0, 0.05) is 49.7 Å². The van der Waals surface area contributed by atoms with Crippen LogP contribution in [0.15, 0.2) is 49.1 Å². The minimum absolute atomic E-state index is 0.0567. The minimum atomic E-state index is -0.0567. The van der Waals surface area contributed by atoms with Gasteiger partial charge in [0.05, 0.1) is 52.4 Å². The Balaban J connectivity index is 1.38. The zero-order valence-electron chi connectivity index (χ0n) is 20.2. The zero-order chi connectivity index (χ0) is 24.6. The van der Waals surface area contributed by atoms with Crippen LogP contribution in [-0.2, 0) is 4.79 Å². The third-order valence-corrected chi connectivity index (χ3v) is 6.67. The highest BCUT2D eigenvalue weighted by molar-refractivity contribution is 5.99. The predicted molar refractivity (Wildman–Crippen MR) is 141 cm³/mol. The Labute approximate surface area is 207 Å². The Morgan fingerprint density at radius 1 is 1.03 bits per heavy atom. The van der Waals surface area contributed by atoms with E-state index in [0.717, 1.165) is 76.4 Å². The maximum atomic E-state index is 11.8. The van der Waals surface area contributed by atoms with Crippen LogP contribution in [0.3, 0.4) is 0 Å². The number of aromatic nitrogens is 6. The van der Waals surface area contributed by atoms with E-state index in [9.17, 15) is 4.79 Å². The summed E-state index contributed by atoms with van der Waals surface area (Å²) in [5, 5.41) is 11.7. The molecule has 0 atom stereocenters. The molecule has 0 saturated carbocycles. The number of hydrogen-bond acceptors (Lipinski definition) is 7. The Morgan fingerprint density at radius 2 is 1.86 bits per heavy atom. The van der Waals surface area contributed by atoms with Crippen LogP contribution in [0.4, 0.5) is 11.4 Å². The molecule has 0 unspecified atom stereocenters. The van der Waals surface area contributed by atoms with Crippen LogP contribution in [0.1, 0.15) is 13.3 Å². The van der Waals surface area contributed by atoms with E-state index in [1.807, 2.05) is 37.5 Å². The molecule has 182 valence electrons. The molecule has 6 rings (SSSR count). The summed E-state index contributed by atoms with van der Waals surface area (Å²) in [6.07, 6.45) is 7.58. The van der Waals surface area contributed by atoms with Gasteiger partial charge in [0.2, 0.25) is 5.91 Å². The fourth-order valence-electron chi connectivity index (χ4n) is 4.61. The number of aromatic amines is 2. The summed E-state index contributed by atoms with van der Waals surface area (Å²) < 4.78 is 0. The Kier molecular flexibility index (Phi) is 5.57. The van der Waals surface area contributed by atoms with Crippen molar-refractivity contribution < 1.29 is 4.79 Å². The molecule has 1 fully saturated rings. The van der Waals surface area contributed by atoms with Crippen LogP contribution in [0.2, 0.25) is 0 Å². The third kappa shape index (κ3) is 4.05. The lowest BCUT2D eigenvalue weighted by Crippen LogP contribution is -2.44. The quantitative estimate of drug-likeness (QED) is 0.350. The maximum Gasteiger partial charge on any atom is 0.224 e. The number of carbonyl (C=O) groups is 1. The molecule has 3 N–H and O–H groups in total. The fourth-order valence-corrected chi connectivity index (χ4v) is 4.61. The molecule has 10 nitrogen and oxygen atoms in total. The fraction of sp³-hybridized carbons (Fsp3) is 0.269. The summed E-state index contributed by atoms with van der Waals surface area (Å²) in [6.45, 7) is 5.82. The van der Waals surface area contributed by atoms with E-state index in [1.54, 1.807) is 12.4 Å². The molecule has 10 heteroatoms. The van der Waals surface area contributed by atoms with Gasteiger partial charge in [-0.25, -0.2) is 4.98 Å². The van der Waals surface area contributed by atoms with E-state index in [0.29, 0.717) is 12.1 Å². The summed E-state index contributed by atoms with van der Waals surface area (Å²) in [7, 11) is 2.15. The topological polar surface area (TPSA) is 119 Å². The molecule has 0 aliphatic carbocycles. The summed E-state index contributed by atoms with van der Waals surface area (Å²) in [4.78, 5) is 33.7. The second-order valence-electron chi connectivity index (χ2n) is 9.12. The van der Waals surface area contributed by atoms with Crippen molar-refractivity contribution in [1.29, 1.82) is 0 Å². The summed E-state index contributed by atoms with van der Waals surface area (Å²) >= 11 is 0. The zero-order valence-corrected chi connectivity index (χ0v) is 20.2. The van der Waals surface area contributed by atoms with Crippen molar-refractivity contribution in [3.05, 3.63) is 49.1 Å². The molecule has 0 bridgehead atoms. The van der Waals surface area contributed by atoms with E-state index in [4.69, 9.17) is 4.98 Å². The van der Waals surface area contributed by atoms with Gasteiger partial charge in [0.25, 0.3) is 0 Å². The van der Waals surface area contributed by atoms with Gasteiger partial charge in [-0.1, -0.05) is 6.92 Å². The molecule has 5 aromatic heterocycles. The van der Waals surface area contributed by atoms with Crippen molar-refractivity contribution >= 4 is 39.2 Å². The van der Waals surface area contributed by atoms with Crippen LogP contribution in [0.25, 0.3) is 44.6 Å². The lowest BCUT2D eigenvalue weighted by Gasteiger charge is -2.34. The number of hydrogen-bond donors (Lipinski definition) is 3. The van der Waals surface area contributed by atoms with E-state index in [-0.39, 0.29) is 5.91 Å². The molecule has 0 spiro atoms. The third-order valence-electron chi connectivity index (χ3n) is 6.67. The van der Waals surface area contributed by atoms with Crippen molar-refractivity contribution in [2.75, 3.05) is 43.4 Å².